The van der Waals surface area contributed by atoms with Gasteiger partial charge in [0.2, 0.25) is 5.91 Å². The van der Waals surface area contributed by atoms with E-state index in [0.717, 1.165) is 18.6 Å². The summed E-state index contributed by atoms with van der Waals surface area (Å²) >= 11 is 1.71. The number of benzene rings is 1. The Morgan fingerprint density at radius 3 is 2.57 bits per heavy atom. The number of hydrogen-bond donors (Lipinski definition) is 2. The minimum absolute atomic E-state index is 0.0441. The number of hydrogen-bond acceptors (Lipinski definition) is 3. The minimum Gasteiger partial charge on any atom is -0.396 e. The van der Waals surface area contributed by atoms with Gasteiger partial charge in [-0.1, -0.05) is 31.5 Å². The third-order valence-electron chi connectivity index (χ3n) is 3.39. The lowest BCUT2D eigenvalue weighted by atomic mass is 9.88. The van der Waals surface area contributed by atoms with Gasteiger partial charge in [0.1, 0.15) is 0 Å². The van der Waals surface area contributed by atoms with Crippen molar-refractivity contribution < 1.29 is 9.90 Å². The number of carbonyl (C=O) groups is 1. The zero-order chi connectivity index (χ0) is 15.7. The van der Waals surface area contributed by atoms with E-state index in [1.807, 2.05) is 0 Å². The van der Waals surface area contributed by atoms with E-state index in [1.165, 1.54) is 10.5 Å². The van der Waals surface area contributed by atoms with Crippen molar-refractivity contribution in [2.24, 2.45) is 5.41 Å². The maximum atomic E-state index is 11.8. The molecule has 0 fully saturated rings. The van der Waals surface area contributed by atoms with Crippen molar-refractivity contribution in [2.45, 2.75) is 44.9 Å². The van der Waals surface area contributed by atoms with Crippen LogP contribution in [0.3, 0.4) is 0 Å². The molecule has 21 heavy (non-hydrogen) atoms. The average Bonchev–Trinajstić information content (AvgIpc) is 2.45. The molecule has 0 aliphatic heterocycles. The van der Waals surface area contributed by atoms with Gasteiger partial charge >= 0.3 is 0 Å². The van der Waals surface area contributed by atoms with Gasteiger partial charge in [0.05, 0.1) is 0 Å². The van der Waals surface area contributed by atoms with Crippen molar-refractivity contribution in [3.63, 3.8) is 0 Å². The fourth-order valence-electron chi connectivity index (χ4n) is 1.97. The number of aliphatic hydroxyl groups excluding tert-OH is 1. The Morgan fingerprint density at radius 1 is 1.29 bits per heavy atom. The molecule has 0 saturated carbocycles. The molecule has 0 unspecified atom stereocenters. The molecule has 0 spiro atoms. The smallest absolute Gasteiger partial charge is 0.220 e. The number of aliphatic hydroxyl groups is 1. The number of rotatable bonds is 9. The van der Waals surface area contributed by atoms with Crippen molar-refractivity contribution in [2.75, 3.05) is 18.9 Å². The lowest BCUT2D eigenvalue weighted by molar-refractivity contribution is -0.121. The molecule has 0 radical (unpaired) electrons. The average molecular weight is 309 g/mol. The van der Waals surface area contributed by atoms with E-state index < -0.39 is 0 Å². The summed E-state index contributed by atoms with van der Waals surface area (Å²) in [6.07, 6.45) is 2.24. The molecule has 1 rings (SSSR count). The molecular formula is C17H27NO2S. The van der Waals surface area contributed by atoms with Gasteiger partial charge in [-0.25, -0.2) is 0 Å². The highest BCUT2D eigenvalue weighted by atomic mass is 32.2. The molecular weight excluding hydrogens is 282 g/mol. The van der Waals surface area contributed by atoms with Crippen molar-refractivity contribution >= 4 is 17.7 Å². The predicted molar refractivity (Wildman–Crippen MR) is 89.6 cm³/mol. The van der Waals surface area contributed by atoms with Gasteiger partial charge < -0.3 is 10.4 Å². The van der Waals surface area contributed by atoms with E-state index in [-0.39, 0.29) is 17.9 Å². The summed E-state index contributed by atoms with van der Waals surface area (Å²) in [7, 11) is 0. The second-order valence-corrected chi connectivity index (χ2v) is 7.35. The molecule has 0 bridgehead atoms. The summed E-state index contributed by atoms with van der Waals surface area (Å²) < 4.78 is 0. The molecule has 1 aromatic rings. The van der Waals surface area contributed by atoms with Crippen LogP contribution in [0.25, 0.3) is 0 Å². The minimum atomic E-state index is 0.0441. The second kappa shape index (κ2) is 9.11. The first kappa shape index (κ1) is 18.1. The first-order valence-electron chi connectivity index (χ1n) is 7.50. The maximum Gasteiger partial charge on any atom is 0.220 e. The molecule has 0 heterocycles. The first-order valence-corrected chi connectivity index (χ1v) is 8.48. The number of nitrogens with one attached hydrogen (secondary N) is 1. The van der Waals surface area contributed by atoms with Crippen LogP contribution >= 0.6 is 11.8 Å². The topological polar surface area (TPSA) is 49.3 Å². The summed E-state index contributed by atoms with van der Waals surface area (Å²) in [6, 6.07) is 8.37. The van der Waals surface area contributed by atoms with Crippen LogP contribution in [0, 0.1) is 12.3 Å². The zero-order valence-electron chi connectivity index (χ0n) is 13.3. The molecule has 0 aromatic heterocycles. The van der Waals surface area contributed by atoms with Crippen molar-refractivity contribution in [1.29, 1.82) is 0 Å². The molecule has 0 saturated heterocycles. The third kappa shape index (κ3) is 8.12. The highest BCUT2D eigenvalue weighted by Gasteiger charge is 2.18. The molecule has 4 heteroatoms. The number of thioether (sulfide) groups is 1. The van der Waals surface area contributed by atoms with E-state index in [9.17, 15) is 4.79 Å². The fourth-order valence-corrected chi connectivity index (χ4v) is 2.82. The van der Waals surface area contributed by atoms with Crippen LogP contribution < -0.4 is 5.32 Å². The predicted octanol–water partition coefficient (Wildman–Crippen LogP) is 3.39. The van der Waals surface area contributed by atoms with Gasteiger partial charge in [0, 0.05) is 30.2 Å². The normalized spacial score (nSPS) is 11.4. The van der Waals surface area contributed by atoms with Crippen LogP contribution in [0.4, 0.5) is 0 Å². The van der Waals surface area contributed by atoms with Crippen LogP contribution in [0.1, 0.15) is 38.7 Å². The second-order valence-electron chi connectivity index (χ2n) is 6.18. The molecule has 2 N–H and O–H groups in total. The van der Waals surface area contributed by atoms with Crippen molar-refractivity contribution in [1.82, 2.24) is 5.32 Å². The Morgan fingerprint density at radius 2 is 1.95 bits per heavy atom. The Labute approximate surface area is 132 Å². The largest absolute Gasteiger partial charge is 0.396 e. The lowest BCUT2D eigenvalue weighted by Gasteiger charge is -2.24. The summed E-state index contributed by atoms with van der Waals surface area (Å²) in [5.74, 6) is 0.901. The summed E-state index contributed by atoms with van der Waals surface area (Å²) in [4.78, 5) is 13.0. The summed E-state index contributed by atoms with van der Waals surface area (Å²) in [5, 5.41) is 11.9. The van der Waals surface area contributed by atoms with Crippen molar-refractivity contribution in [3.05, 3.63) is 29.8 Å². The van der Waals surface area contributed by atoms with Gasteiger partial charge in [-0.15, -0.1) is 11.8 Å². The van der Waals surface area contributed by atoms with E-state index in [1.54, 1.807) is 11.8 Å². The Balaban J connectivity index is 2.20. The highest BCUT2D eigenvalue weighted by Crippen LogP contribution is 2.21. The van der Waals surface area contributed by atoms with Crippen LogP contribution in [-0.2, 0) is 4.79 Å². The summed E-state index contributed by atoms with van der Waals surface area (Å²) in [5.41, 5.74) is 1.30. The van der Waals surface area contributed by atoms with E-state index in [2.05, 4.69) is 50.4 Å². The van der Waals surface area contributed by atoms with E-state index in [0.29, 0.717) is 13.0 Å². The monoisotopic (exact) mass is 309 g/mol. The summed E-state index contributed by atoms with van der Waals surface area (Å²) in [6.45, 7) is 7.18. The fraction of sp³-hybridized carbons (Fsp3) is 0.588. The molecule has 1 aromatic carbocycles. The van der Waals surface area contributed by atoms with Crippen LogP contribution in [-0.4, -0.2) is 29.9 Å². The van der Waals surface area contributed by atoms with E-state index in [4.69, 9.17) is 5.11 Å². The van der Waals surface area contributed by atoms with Gasteiger partial charge in [-0.05, 0) is 37.3 Å². The standard InChI is InChI=1S/C17H27NO2S/c1-14-5-7-15(8-6-14)21-12-9-16(20)18-13-17(2,3)10-4-11-19/h5-8,19H,4,9-13H2,1-3H3,(H,18,20). The van der Waals surface area contributed by atoms with Crippen molar-refractivity contribution in [3.8, 4) is 0 Å². The number of aryl methyl sites for hydroxylation is 1. The zero-order valence-corrected chi connectivity index (χ0v) is 14.1. The van der Waals surface area contributed by atoms with Gasteiger partial charge in [-0.2, -0.15) is 0 Å². The highest BCUT2D eigenvalue weighted by molar-refractivity contribution is 7.99. The number of amides is 1. The van der Waals surface area contributed by atoms with E-state index >= 15 is 0 Å². The molecule has 0 aliphatic rings. The molecule has 118 valence electrons. The molecule has 0 atom stereocenters. The first-order chi connectivity index (χ1) is 9.93. The third-order valence-corrected chi connectivity index (χ3v) is 4.41. The Kier molecular flexibility index (Phi) is 7.83. The molecule has 0 aliphatic carbocycles. The van der Waals surface area contributed by atoms with Gasteiger partial charge in [0.15, 0.2) is 0 Å². The quantitative estimate of drug-likeness (QED) is 0.687. The maximum absolute atomic E-state index is 11.8. The molecule has 1 amide bonds. The van der Waals surface area contributed by atoms with Gasteiger partial charge in [0.25, 0.3) is 0 Å². The molecule has 3 nitrogen and oxygen atoms in total. The van der Waals surface area contributed by atoms with Crippen LogP contribution in [0.2, 0.25) is 0 Å². The Bertz CT molecular complexity index is 429. The van der Waals surface area contributed by atoms with Gasteiger partial charge in [-0.3, -0.25) is 4.79 Å². The lowest BCUT2D eigenvalue weighted by Crippen LogP contribution is -2.34. The van der Waals surface area contributed by atoms with Crippen LogP contribution in [0.15, 0.2) is 29.2 Å². The Hall–Kier alpha value is -1.00. The number of carbonyl (C=O) groups excluding carboxylic acids is 1. The SMILES string of the molecule is Cc1ccc(SCCC(=O)NCC(C)(C)CCCO)cc1. The van der Waals surface area contributed by atoms with Crippen LogP contribution in [0.5, 0.6) is 0 Å².